The second-order valence-corrected chi connectivity index (χ2v) is 29.3. The van der Waals surface area contributed by atoms with Crippen LogP contribution in [-0.2, 0) is 44.1 Å². The number of benzene rings is 5. The summed E-state index contributed by atoms with van der Waals surface area (Å²) in [6, 6.07) is 43.0. The van der Waals surface area contributed by atoms with Gasteiger partial charge in [-0.05, 0) is 129 Å². The van der Waals surface area contributed by atoms with Gasteiger partial charge in [0, 0.05) is 0 Å². The zero-order valence-corrected chi connectivity index (χ0v) is 43.1. The number of rotatable bonds is 10. The van der Waals surface area contributed by atoms with Gasteiger partial charge < -0.3 is 0 Å². The van der Waals surface area contributed by atoms with Crippen molar-refractivity contribution in [3.05, 3.63) is 157 Å². The van der Waals surface area contributed by atoms with Gasteiger partial charge >= 0.3 is 0 Å². The smallest absolute Gasteiger partial charge is 0.193 e. The normalized spacial score (nSPS) is 31.0. The standard InChI is InChI=1S/C17H18O2S.C13H18O2S2.2C11H14O2S/c1-13-14(2)17(13,15-9-5-3-6-10-15)20(18,19)16-11-7-4-8-12-16;1-9-5-7-12(8-6-9)17(14,15)13(16-4)10(2)11(13)3;2*1-9-8-11(9,2)14(12,13)10-6-4-3-5-7-10/h3-14H,1-2H3;5-8,10-11H,1-4H3;2*3-7,9H,8H2,1-2H3/t13-,14+,17?;10-,11+,13?;2*9-,11-/m..00/s1. The molecule has 0 spiro atoms. The second-order valence-electron chi connectivity index (χ2n) is 18.8. The highest BCUT2D eigenvalue weighted by Gasteiger charge is 2.69. The van der Waals surface area contributed by atoms with Crippen molar-refractivity contribution in [3.63, 3.8) is 0 Å². The average molecular weight is 977 g/mol. The van der Waals surface area contributed by atoms with Crippen LogP contribution in [-0.4, -0.2) is 53.5 Å². The third kappa shape index (κ3) is 8.70. The molecule has 65 heavy (non-hydrogen) atoms. The van der Waals surface area contributed by atoms with Crippen molar-refractivity contribution < 1.29 is 33.7 Å². The topological polar surface area (TPSA) is 137 Å². The molecule has 0 aromatic heterocycles. The molecule has 8 nitrogen and oxygen atoms in total. The van der Waals surface area contributed by atoms with Gasteiger partial charge in [0.1, 0.15) is 8.83 Å². The lowest BCUT2D eigenvalue weighted by atomic mass is 10.1. The van der Waals surface area contributed by atoms with Crippen molar-refractivity contribution in [2.45, 2.75) is 113 Å². The average Bonchev–Trinajstić information content (AvgIpc) is 4.28. The van der Waals surface area contributed by atoms with E-state index < -0.39 is 57.7 Å². The van der Waals surface area contributed by atoms with E-state index in [4.69, 9.17) is 0 Å². The van der Waals surface area contributed by atoms with Gasteiger partial charge in [0.05, 0.1) is 29.1 Å². The van der Waals surface area contributed by atoms with Crippen molar-refractivity contribution in [3.8, 4) is 0 Å². The highest BCUT2D eigenvalue weighted by Crippen LogP contribution is 2.65. The highest BCUT2D eigenvalue weighted by molar-refractivity contribution is 8.14. The molecule has 4 aliphatic rings. The molecule has 10 atom stereocenters. The fourth-order valence-corrected chi connectivity index (χ4v) is 20.8. The Morgan fingerprint density at radius 3 is 0.985 bits per heavy atom. The first-order valence-corrected chi connectivity index (χ1v) is 29.3. The van der Waals surface area contributed by atoms with Gasteiger partial charge in [-0.15, -0.1) is 11.8 Å². The molecule has 350 valence electrons. The Morgan fingerprint density at radius 1 is 0.415 bits per heavy atom. The van der Waals surface area contributed by atoms with Crippen LogP contribution in [0, 0.1) is 42.4 Å². The first-order chi connectivity index (χ1) is 30.4. The largest absolute Gasteiger partial charge is 0.223 e. The minimum atomic E-state index is -3.38. The number of aryl methyl sites for hydroxylation is 1. The maximum atomic E-state index is 13.1. The summed E-state index contributed by atoms with van der Waals surface area (Å²) in [5, 5.41) is 0. The SMILES string of the molecule is CSC1(S(=O)(=O)c2ccc(C)cc2)[C@H](C)[C@@H]1C.C[C@@H]1[C@H](C)C1(c1ccccc1)S(=O)(=O)c1ccccc1.C[C@H]1C[C@]1(C)S(=O)(=O)c1ccccc1.C[C@H]1C[C@]1(C)S(=O)(=O)c1ccccc1. The zero-order valence-electron chi connectivity index (χ0n) is 39.0. The van der Waals surface area contributed by atoms with Crippen LogP contribution in [0.25, 0.3) is 0 Å². The van der Waals surface area contributed by atoms with E-state index in [9.17, 15) is 33.7 Å². The van der Waals surface area contributed by atoms with E-state index in [0.717, 1.165) is 24.0 Å². The van der Waals surface area contributed by atoms with Crippen LogP contribution in [0.5, 0.6) is 0 Å². The molecule has 2 unspecified atom stereocenters. The lowest BCUT2D eigenvalue weighted by molar-refractivity contribution is 0.570. The van der Waals surface area contributed by atoms with Gasteiger partial charge in [-0.25, -0.2) is 33.7 Å². The van der Waals surface area contributed by atoms with Gasteiger partial charge in [-0.3, -0.25) is 0 Å². The van der Waals surface area contributed by atoms with Crippen molar-refractivity contribution in [2.75, 3.05) is 6.26 Å². The minimum absolute atomic E-state index is 0.134. The summed E-state index contributed by atoms with van der Waals surface area (Å²) in [7, 11) is -12.8. The van der Waals surface area contributed by atoms with Crippen LogP contribution in [0.15, 0.2) is 165 Å². The highest BCUT2D eigenvalue weighted by atomic mass is 32.3. The van der Waals surface area contributed by atoms with E-state index in [0.29, 0.717) is 19.6 Å². The van der Waals surface area contributed by atoms with Crippen molar-refractivity contribution in [1.82, 2.24) is 0 Å². The van der Waals surface area contributed by atoms with Gasteiger partial charge in [0.2, 0.25) is 0 Å². The number of sulfone groups is 4. The summed E-state index contributed by atoms with van der Waals surface area (Å²) in [6.45, 7) is 17.7. The van der Waals surface area contributed by atoms with Crippen LogP contribution in [0.3, 0.4) is 0 Å². The molecule has 5 aromatic carbocycles. The first kappa shape index (κ1) is 50.7. The summed E-state index contributed by atoms with van der Waals surface area (Å²) in [5.41, 5.74) is 1.99. The summed E-state index contributed by atoms with van der Waals surface area (Å²) >= 11 is 1.47. The van der Waals surface area contributed by atoms with Crippen LogP contribution in [0.1, 0.15) is 79.4 Å². The molecule has 0 radical (unpaired) electrons. The molecule has 0 bridgehead atoms. The third-order valence-electron chi connectivity index (χ3n) is 15.2. The minimum Gasteiger partial charge on any atom is -0.223 e. The fraction of sp³-hybridized carbons (Fsp3) is 0.423. The van der Waals surface area contributed by atoms with Gasteiger partial charge in [0.25, 0.3) is 0 Å². The van der Waals surface area contributed by atoms with E-state index >= 15 is 0 Å². The van der Waals surface area contributed by atoms with Gasteiger partial charge in [-0.2, -0.15) is 0 Å². The first-order valence-electron chi connectivity index (χ1n) is 22.2. The molecule has 0 N–H and O–H groups in total. The fourth-order valence-electron chi connectivity index (χ4n) is 9.56. The van der Waals surface area contributed by atoms with Gasteiger partial charge in [-0.1, -0.05) is 144 Å². The Balaban J connectivity index is 0.000000145. The van der Waals surface area contributed by atoms with Gasteiger partial charge in [0.15, 0.2) is 39.3 Å². The molecule has 9 rings (SSSR count). The predicted molar refractivity (Wildman–Crippen MR) is 265 cm³/mol. The van der Waals surface area contributed by atoms with E-state index in [1.165, 1.54) is 11.8 Å². The molecule has 4 aliphatic carbocycles. The third-order valence-corrected chi connectivity index (χ3v) is 28.4. The Morgan fingerprint density at radius 2 is 0.708 bits per heavy atom. The summed E-state index contributed by atoms with van der Waals surface area (Å²) in [4.78, 5) is 1.77. The summed E-state index contributed by atoms with van der Waals surface area (Å²) < 4.78 is 97.7. The Labute approximate surface area is 393 Å². The summed E-state index contributed by atoms with van der Waals surface area (Å²) in [5.74, 6) is 1.29. The Bertz CT molecular complexity index is 2790. The lowest BCUT2D eigenvalue weighted by Gasteiger charge is -2.19. The van der Waals surface area contributed by atoms with Crippen molar-refractivity contribution >= 4 is 51.1 Å². The molecule has 4 fully saturated rings. The maximum absolute atomic E-state index is 13.1. The molecule has 0 saturated heterocycles. The molecule has 0 amide bonds. The second kappa shape index (κ2) is 18.4. The van der Waals surface area contributed by atoms with E-state index in [1.54, 1.807) is 84.9 Å². The molecule has 13 heteroatoms. The molecular formula is C52H64O8S5. The van der Waals surface area contributed by atoms with Crippen molar-refractivity contribution in [1.29, 1.82) is 0 Å². The van der Waals surface area contributed by atoms with Crippen molar-refractivity contribution in [2.24, 2.45) is 35.5 Å². The van der Waals surface area contributed by atoms with Crippen LogP contribution in [0.4, 0.5) is 0 Å². The lowest BCUT2D eigenvalue weighted by Crippen LogP contribution is -2.24. The van der Waals surface area contributed by atoms with E-state index in [-0.39, 0.29) is 35.5 Å². The van der Waals surface area contributed by atoms with E-state index in [2.05, 4.69) is 0 Å². The number of hydrogen-bond acceptors (Lipinski definition) is 9. The zero-order chi connectivity index (χ0) is 48.0. The number of thioether (sulfide) groups is 1. The molecule has 0 aliphatic heterocycles. The Kier molecular flexibility index (Phi) is 14.3. The molecule has 4 saturated carbocycles. The monoisotopic (exact) mass is 976 g/mol. The van der Waals surface area contributed by atoms with Crippen LogP contribution >= 0.6 is 11.8 Å². The molecule has 5 aromatic rings. The van der Waals surface area contributed by atoms with Crippen LogP contribution < -0.4 is 0 Å². The number of hydrogen-bond donors (Lipinski definition) is 0. The predicted octanol–water partition coefficient (Wildman–Crippen LogP) is 11.3. The van der Waals surface area contributed by atoms with E-state index in [1.807, 2.05) is 129 Å². The maximum Gasteiger partial charge on any atom is 0.193 e. The van der Waals surface area contributed by atoms with Crippen LogP contribution in [0.2, 0.25) is 0 Å². The molecule has 0 heterocycles. The summed E-state index contributed by atoms with van der Waals surface area (Å²) in [6.07, 6.45) is 3.46. The quantitative estimate of drug-likeness (QED) is 0.134. The Hall–Kier alpha value is -3.75. The molecular weight excluding hydrogens is 913 g/mol.